The highest BCUT2D eigenvalue weighted by atomic mass is 16.1. The van der Waals surface area contributed by atoms with Crippen LogP contribution in [0.2, 0.25) is 0 Å². The van der Waals surface area contributed by atoms with Crippen LogP contribution in [0.4, 0.5) is 0 Å². The van der Waals surface area contributed by atoms with Gasteiger partial charge in [0.25, 0.3) is 0 Å². The van der Waals surface area contributed by atoms with E-state index in [2.05, 4.69) is 13.2 Å². The van der Waals surface area contributed by atoms with Gasteiger partial charge in [0.15, 0.2) is 0 Å². The van der Waals surface area contributed by atoms with Crippen LogP contribution in [0.3, 0.4) is 0 Å². The maximum Gasteiger partial charge on any atom is 0.231 e. The van der Waals surface area contributed by atoms with Crippen LogP contribution in [0.1, 0.15) is 25.7 Å². The van der Waals surface area contributed by atoms with Crippen LogP contribution >= 0.6 is 0 Å². The molecule has 0 radical (unpaired) electrons. The van der Waals surface area contributed by atoms with E-state index < -0.39 is 0 Å². The van der Waals surface area contributed by atoms with Crippen molar-refractivity contribution in [2.75, 3.05) is 0 Å². The zero-order valence-corrected chi connectivity index (χ0v) is 8.06. The Balaban J connectivity index is 0. The molecule has 14 heavy (non-hydrogen) atoms. The minimum absolute atomic E-state index is 0.750. The Morgan fingerprint density at radius 1 is 1.00 bits per heavy atom. The topological polar surface area (TPSA) is 81.8 Å². The van der Waals surface area contributed by atoms with Gasteiger partial charge in [-0.1, -0.05) is 24.3 Å². The van der Waals surface area contributed by atoms with Crippen molar-refractivity contribution in [1.29, 1.82) is 10.8 Å². The van der Waals surface area contributed by atoms with Gasteiger partial charge in [0.2, 0.25) is 12.2 Å². The minimum atomic E-state index is 0.750. The van der Waals surface area contributed by atoms with E-state index in [1.165, 1.54) is 30.4 Å². The third-order valence-corrected chi connectivity index (χ3v) is 1.56. The Morgan fingerprint density at radius 3 is 1.43 bits per heavy atom. The first-order chi connectivity index (χ1) is 6.62. The van der Waals surface area contributed by atoms with Gasteiger partial charge in [-0.2, -0.15) is 0 Å². The first-order valence-electron chi connectivity index (χ1n) is 4.03. The van der Waals surface area contributed by atoms with Gasteiger partial charge in [-0.3, -0.25) is 0 Å². The number of hydrogen-bond donors (Lipinski definition) is 2. The van der Waals surface area contributed by atoms with Gasteiger partial charge in [-0.05, 0) is 25.7 Å². The smallest absolute Gasteiger partial charge is 0.222 e. The Labute approximate surface area is 83.3 Å². The lowest BCUT2D eigenvalue weighted by Crippen LogP contribution is -1.94. The van der Waals surface area contributed by atoms with Crippen LogP contribution in [0.5, 0.6) is 0 Å². The second-order valence-electron chi connectivity index (χ2n) is 2.73. The molecule has 0 heterocycles. The van der Waals surface area contributed by atoms with E-state index in [9.17, 15) is 0 Å². The fraction of sp³-hybridized carbons (Fsp3) is 0.400. The molecule has 0 aromatic heterocycles. The first-order valence-corrected chi connectivity index (χ1v) is 4.03. The van der Waals surface area contributed by atoms with Gasteiger partial charge in [0.1, 0.15) is 0 Å². The molecule has 0 aromatic carbocycles. The molecule has 0 aromatic rings. The van der Waals surface area contributed by atoms with Gasteiger partial charge in [0, 0.05) is 0 Å². The Kier molecular flexibility index (Phi) is 11.8. The average Bonchev–Trinajstić information content (AvgIpc) is 2.06. The van der Waals surface area contributed by atoms with Gasteiger partial charge >= 0.3 is 0 Å². The highest BCUT2D eigenvalue weighted by Crippen LogP contribution is 2.24. The highest BCUT2D eigenvalue weighted by Gasteiger charge is 2.04. The van der Waals surface area contributed by atoms with Gasteiger partial charge in [0.05, 0.1) is 0 Å². The van der Waals surface area contributed by atoms with Crippen LogP contribution in [-0.4, -0.2) is 12.2 Å². The highest BCUT2D eigenvalue weighted by molar-refractivity contribution is 5.26. The maximum atomic E-state index is 8.35. The van der Waals surface area contributed by atoms with E-state index in [1.807, 2.05) is 0 Å². The summed E-state index contributed by atoms with van der Waals surface area (Å²) in [6.07, 6.45) is 6.30. The first kappa shape index (κ1) is 14.7. The molecule has 1 fully saturated rings. The van der Waals surface area contributed by atoms with E-state index in [-0.39, 0.29) is 0 Å². The lowest BCUT2D eigenvalue weighted by atomic mass is 9.93. The lowest BCUT2D eigenvalue weighted by Gasteiger charge is -2.13. The second kappa shape index (κ2) is 11.2. The monoisotopic (exact) mass is 194 g/mol. The van der Waals surface area contributed by atoms with Crippen LogP contribution < -0.4 is 0 Å². The van der Waals surface area contributed by atoms with Gasteiger partial charge < -0.3 is 0 Å². The summed E-state index contributed by atoms with van der Waals surface area (Å²) in [6.45, 7) is 7.81. The quantitative estimate of drug-likeness (QED) is 0.353. The average molecular weight is 194 g/mol. The number of allylic oxidation sites excluding steroid dienone is 2. The molecule has 0 unspecified atom stereocenters. The summed E-state index contributed by atoms with van der Waals surface area (Å²) >= 11 is 0. The summed E-state index contributed by atoms with van der Waals surface area (Å²) in [5.74, 6) is 0. The fourth-order valence-electron chi connectivity index (χ4n) is 1.12. The van der Waals surface area contributed by atoms with Crippen molar-refractivity contribution in [1.82, 2.24) is 0 Å². The van der Waals surface area contributed by atoms with Crippen LogP contribution in [0.25, 0.3) is 0 Å². The molecular formula is C10H14N2O2. The van der Waals surface area contributed by atoms with E-state index >= 15 is 0 Å². The summed E-state index contributed by atoms with van der Waals surface area (Å²) in [7, 11) is 0. The molecule has 0 bridgehead atoms. The third kappa shape index (κ3) is 12.9. The molecule has 0 amide bonds. The molecule has 1 rings (SSSR count). The number of isocyanates is 2. The third-order valence-electron chi connectivity index (χ3n) is 1.56. The molecule has 0 spiro atoms. The Morgan fingerprint density at radius 2 is 1.29 bits per heavy atom. The molecule has 0 aliphatic heterocycles. The minimum Gasteiger partial charge on any atom is -0.222 e. The standard InChI is InChI=1S/C8H12.2CHNO/c1-7-4-3-5-8(2)6-7;2*2-1-3/h1-6H2;2*2H. The zero-order chi connectivity index (χ0) is 11.4. The molecule has 2 N–H and O–H groups in total. The summed E-state index contributed by atoms with van der Waals surface area (Å²) in [6, 6.07) is 0. The summed E-state index contributed by atoms with van der Waals surface area (Å²) in [5.41, 5.74) is 2.72. The van der Waals surface area contributed by atoms with Crippen LogP contribution in [-0.2, 0) is 9.59 Å². The summed E-state index contributed by atoms with van der Waals surface area (Å²) < 4.78 is 0. The summed E-state index contributed by atoms with van der Waals surface area (Å²) in [5, 5.41) is 10.8. The number of nitrogens with one attached hydrogen (secondary N) is 2. The fourth-order valence-corrected chi connectivity index (χ4v) is 1.12. The van der Waals surface area contributed by atoms with E-state index in [4.69, 9.17) is 20.4 Å². The predicted molar refractivity (Wildman–Crippen MR) is 53.6 cm³/mol. The number of carbonyl (C=O) groups excluding carboxylic acids is 2. The van der Waals surface area contributed by atoms with E-state index in [1.54, 1.807) is 0 Å². The molecule has 4 heteroatoms. The van der Waals surface area contributed by atoms with Crippen LogP contribution in [0, 0.1) is 10.8 Å². The zero-order valence-electron chi connectivity index (χ0n) is 8.06. The predicted octanol–water partition coefficient (Wildman–Crippen LogP) is 2.47. The second-order valence-corrected chi connectivity index (χ2v) is 2.73. The molecule has 4 nitrogen and oxygen atoms in total. The molecule has 1 aliphatic rings. The van der Waals surface area contributed by atoms with Crippen molar-refractivity contribution in [3.63, 3.8) is 0 Å². The van der Waals surface area contributed by atoms with Gasteiger partial charge in [-0.15, -0.1) is 0 Å². The molecule has 1 saturated carbocycles. The van der Waals surface area contributed by atoms with E-state index in [0.717, 1.165) is 18.6 Å². The lowest BCUT2D eigenvalue weighted by molar-refractivity contribution is 0.562. The van der Waals surface area contributed by atoms with Crippen molar-refractivity contribution in [2.24, 2.45) is 0 Å². The molecular weight excluding hydrogens is 180 g/mol. The van der Waals surface area contributed by atoms with Gasteiger partial charge in [-0.25, -0.2) is 20.4 Å². The Hall–Kier alpha value is -1.76. The van der Waals surface area contributed by atoms with Crippen molar-refractivity contribution in [2.45, 2.75) is 25.7 Å². The van der Waals surface area contributed by atoms with Crippen molar-refractivity contribution < 1.29 is 9.59 Å². The van der Waals surface area contributed by atoms with Crippen molar-refractivity contribution in [3.8, 4) is 0 Å². The SMILES string of the molecule is C=C1CCCC(=C)C1.N=C=O.N=C=O. The molecule has 0 atom stereocenters. The maximum absolute atomic E-state index is 8.35. The largest absolute Gasteiger partial charge is 0.231 e. The number of hydrogen-bond acceptors (Lipinski definition) is 4. The van der Waals surface area contributed by atoms with Crippen molar-refractivity contribution >= 4 is 12.2 Å². The van der Waals surface area contributed by atoms with Crippen LogP contribution in [0.15, 0.2) is 24.3 Å². The van der Waals surface area contributed by atoms with Crippen molar-refractivity contribution in [3.05, 3.63) is 24.3 Å². The molecule has 76 valence electrons. The normalized spacial score (nSPS) is 13.4. The summed E-state index contributed by atoms with van der Waals surface area (Å²) in [4.78, 5) is 16.7. The van der Waals surface area contributed by atoms with E-state index in [0.29, 0.717) is 0 Å². The Bertz CT molecular complexity index is 231. The number of rotatable bonds is 0. The molecule has 0 saturated heterocycles. The molecule has 1 aliphatic carbocycles.